The summed E-state index contributed by atoms with van der Waals surface area (Å²) in [6.45, 7) is 3.25. The molecule has 1 saturated carbocycles. The van der Waals surface area contributed by atoms with E-state index in [2.05, 4.69) is 10.2 Å². The average molecular weight is 309 g/mol. The van der Waals surface area contributed by atoms with Crippen LogP contribution >= 0.6 is 0 Å². The van der Waals surface area contributed by atoms with Gasteiger partial charge in [-0.3, -0.25) is 15.0 Å². The number of halogens is 1. The number of hydrogen-bond donors (Lipinski definition) is 2. The van der Waals surface area contributed by atoms with Crippen molar-refractivity contribution in [1.82, 2.24) is 10.2 Å². The summed E-state index contributed by atoms with van der Waals surface area (Å²) in [4.78, 5) is 12.6. The Bertz CT molecular complexity index is 571. The molecule has 3 rings (SSSR count). The summed E-state index contributed by atoms with van der Waals surface area (Å²) in [6.07, 6.45) is 3.09. The van der Waals surface area contributed by atoms with Crippen LogP contribution in [0.3, 0.4) is 0 Å². The number of rotatable bonds is 5. The van der Waals surface area contributed by atoms with E-state index in [1.165, 1.54) is 6.07 Å². The summed E-state index contributed by atoms with van der Waals surface area (Å²) in [5, 5.41) is 24.3. The van der Waals surface area contributed by atoms with E-state index in [1.54, 1.807) is 0 Å². The van der Waals surface area contributed by atoms with E-state index in [9.17, 15) is 19.6 Å². The first-order valence-corrected chi connectivity index (χ1v) is 7.68. The zero-order chi connectivity index (χ0) is 15.7. The predicted molar refractivity (Wildman–Crippen MR) is 79.2 cm³/mol. The monoisotopic (exact) mass is 309 g/mol. The smallest absolute Gasteiger partial charge is 0.272 e. The first-order chi connectivity index (χ1) is 10.6. The van der Waals surface area contributed by atoms with Crippen LogP contribution in [0, 0.1) is 21.8 Å². The van der Waals surface area contributed by atoms with Gasteiger partial charge in [0.1, 0.15) is 0 Å². The fraction of sp³-hybridized carbons (Fsp3) is 0.600. The van der Waals surface area contributed by atoms with Gasteiger partial charge in [-0.2, -0.15) is 0 Å². The van der Waals surface area contributed by atoms with Crippen LogP contribution in [0.4, 0.5) is 10.1 Å². The molecule has 1 saturated heterocycles. The van der Waals surface area contributed by atoms with E-state index in [4.69, 9.17) is 0 Å². The van der Waals surface area contributed by atoms with Crippen LogP contribution in [0.15, 0.2) is 12.1 Å². The van der Waals surface area contributed by atoms with Crippen molar-refractivity contribution in [2.24, 2.45) is 5.92 Å². The Labute approximate surface area is 128 Å². The largest absolute Gasteiger partial charge is 0.505 e. The number of piperazine rings is 1. The van der Waals surface area contributed by atoms with Crippen molar-refractivity contribution in [1.29, 1.82) is 0 Å². The van der Waals surface area contributed by atoms with Crippen molar-refractivity contribution < 1.29 is 14.4 Å². The van der Waals surface area contributed by atoms with E-state index in [0.29, 0.717) is 11.5 Å². The Morgan fingerprint density at radius 1 is 1.41 bits per heavy atom. The van der Waals surface area contributed by atoms with Crippen LogP contribution in [-0.4, -0.2) is 41.1 Å². The van der Waals surface area contributed by atoms with Gasteiger partial charge in [0.2, 0.25) is 0 Å². The standard InChI is InChI=1S/C15H20FN3O3/c16-13-9-11(19(21)22)8-12(15(13)20)14(7-10-1-2-10)18-5-3-17-4-6-18/h8-10,14,17,20H,1-7H2/t14-/m1/s1. The lowest BCUT2D eigenvalue weighted by molar-refractivity contribution is -0.385. The van der Waals surface area contributed by atoms with Crippen LogP contribution in [0.2, 0.25) is 0 Å². The quantitative estimate of drug-likeness (QED) is 0.644. The normalized spacial score (nSPS) is 20.8. The second kappa shape index (κ2) is 6.18. The number of benzene rings is 1. The SMILES string of the molecule is O=[N+]([O-])c1cc(F)c(O)c([C@@H](CC2CC2)N2CCNCC2)c1. The van der Waals surface area contributed by atoms with Gasteiger partial charge in [-0.25, -0.2) is 4.39 Å². The van der Waals surface area contributed by atoms with E-state index in [-0.39, 0.29) is 11.7 Å². The topological polar surface area (TPSA) is 78.6 Å². The molecule has 0 spiro atoms. The number of nitro benzene ring substituents is 1. The Morgan fingerprint density at radius 3 is 2.68 bits per heavy atom. The molecule has 120 valence electrons. The van der Waals surface area contributed by atoms with Crippen molar-refractivity contribution in [3.05, 3.63) is 33.6 Å². The first kappa shape index (κ1) is 15.2. The zero-order valence-electron chi connectivity index (χ0n) is 12.3. The van der Waals surface area contributed by atoms with E-state index < -0.39 is 16.5 Å². The second-order valence-electron chi connectivity index (χ2n) is 6.10. The maximum absolute atomic E-state index is 13.9. The molecule has 1 aliphatic carbocycles. The fourth-order valence-corrected chi connectivity index (χ4v) is 3.10. The van der Waals surface area contributed by atoms with Crippen LogP contribution < -0.4 is 5.32 Å². The molecule has 1 heterocycles. The molecular formula is C15H20FN3O3. The molecule has 1 aromatic rings. The molecule has 1 aliphatic heterocycles. The highest BCUT2D eigenvalue weighted by molar-refractivity contribution is 5.46. The van der Waals surface area contributed by atoms with Crippen molar-refractivity contribution >= 4 is 5.69 Å². The Hall–Kier alpha value is -1.73. The highest BCUT2D eigenvalue weighted by Crippen LogP contribution is 2.43. The van der Waals surface area contributed by atoms with Crippen molar-refractivity contribution in [3.8, 4) is 5.75 Å². The number of non-ortho nitro benzene ring substituents is 1. The molecule has 0 radical (unpaired) electrons. The van der Waals surface area contributed by atoms with Gasteiger partial charge in [0.05, 0.1) is 11.0 Å². The Kier molecular flexibility index (Phi) is 4.26. The van der Waals surface area contributed by atoms with E-state index in [0.717, 1.165) is 51.5 Å². The van der Waals surface area contributed by atoms with Gasteiger partial charge in [0.25, 0.3) is 5.69 Å². The molecule has 2 fully saturated rings. The van der Waals surface area contributed by atoms with Crippen LogP contribution in [0.1, 0.15) is 30.9 Å². The van der Waals surface area contributed by atoms with Gasteiger partial charge < -0.3 is 10.4 Å². The average Bonchev–Trinajstić information content (AvgIpc) is 3.32. The molecule has 0 aromatic heterocycles. The molecule has 0 bridgehead atoms. The van der Waals surface area contributed by atoms with Gasteiger partial charge >= 0.3 is 0 Å². The summed E-state index contributed by atoms with van der Waals surface area (Å²) in [6, 6.07) is 1.95. The molecule has 2 N–H and O–H groups in total. The van der Waals surface area contributed by atoms with Crippen LogP contribution in [0.25, 0.3) is 0 Å². The van der Waals surface area contributed by atoms with Gasteiger partial charge in [-0.15, -0.1) is 0 Å². The van der Waals surface area contributed by atoms with Crippen molar-refractivity contribution in [3.63, 3.8) is 0 Å². The summed E-state index contributed by atoms with van der Waals surface area (Å²) < 4.78 is 13.9. The highest BCUT2D eigenvalue weighted by atomic mass is 19.1. The minimum absolute atomic E-state index is 0.163. The maximum Gasteiger partial charge on any atom is 0.272 e. The lowest BCUT2D eigenvalue weighted by Gasteiger charge is -2.35. The van der Waals surface area contributed by atoms with Gasteiger partial charge in [-0.05, 0) is 12.3 Å². The lowest BCUT2D eigenvalue weighted by atomic mass is 9.97. The minimum Gasteiger partial charge on any atom is -0.505 e. The molecule has 7 heteroatoms. The first-order valence-electron chi connectivity index (χ1n) is 7.68. The van der Waals surface area contributed by atoms with Gasteiger partial charge in [0, 0.05) is 43.9 Å². The number of phenolic OH excluding ortho intramolecular Hbond substituents is 1. The summed E-state index contributed by atoms with van der Waals surface area (Å²) in [5.74, 6) is -0.795. The number of nitrogens with one attached hydrogen (secondary N) is 1. The summed E-state index contributed by atoms with van der Waals surface area (Å²) in [7, 11) is 0. The number of aromatic hydroxyl groups is 1. The number of nitro groups is 1. The van der Waals surface area contributed by atoms with Crippen LogP contribution in [-0.2, 0) is 0 Å². The predicted octanol–water partition coefficient (Wildman–Crippen LogP) is 2.19. The van der Waals surface area contributed by atoms with Crippen molar-refractivity contribution in [2.45, 2.75) is 25.3 Å². The molecule has 2 aliphatic rings. The van der Waals surface area contributed by atoms with Crippen molar-refractivity contribution in [2.75, 3.05) is 26.2 Å². The highest BCUT2D eigenvalue weighted by Gasteiger charge is 2.33. The third-order valence-electron chi connectivity index (χ3n) is 4.49. The molecular weight excluding hydrogens is 289 g/mol. The van der Waals surface area contributed by atoms with Gasteiger partial charge in [0.15, 0.2) is 11.6 Å². The number of hydrogen-bond acceptors (Lipinski definition) is 5. The third-order valence-corrected chi connectivity index (χ3v) is 4.49. The molecule has 6 nitrogen and oxygen atoms in total. The third kappa shape index (κ3) is 3.20. The number of phenols is 1. The van der Waals surface area contributed by atoms with Crippen LogP contribution in [0.5, 0.6) is 5.75 Å². The minimum atomic E-state index is -0.917. The summed E-state index contributed by atoms with van der Waals surface area (Å²) >= 11 is 0. The fourth-order valence-electron chi connectivity index (χ4n) is 3.10. The molecule has 1 aromatic carbocycles. The molecule has 0 amide bonds. The van der Waals surface area contributed by atoms with Gasteiger partial charge in [-0.1, -0.05) is 12.8 Å². The zero-order valence-corrected chi connectivity index (χ0v) is 12.3. The molecule has 0 unspecified atom stereocenters. The molecule has 1 atom stereocenters. The number of nitrogens with zero attached hydrogens (tertiary/aromatic N) is 2. The molecule has 22 heavy (non-hydrogen) atoms. The maximum atomic E-state index is 13.9. The van der Waals surface area contributed by atoms with E-state index in [1.807, 2.05) is 0 Å². The summed E-state index contributed by atoms with van der Waals surface area (Å²) in [5.41, 5.74) is 0.0433. The second-order valence-corrected chi connectivity index (χ2v) is 6.10. The Balaban J connectivity index is 1.96. The lowest BCUT2D eigenvalue weighted by Crippen LogP contribution is -2.45. The Morgan fingerprint density at radius 2 is 2.09 bits per heavy atom. The van der Waals surface area contributed by atoms with E-state index >= 15 is 0 Å².